The Morgan fingerprint density at radius 2 is 1.67 bits per heavy atom. The maximum absolute atomic E-state index is 13.4. The van der Waals surface area contributed by atoms with Crippen LogP contribution in [0.4, 0.5) is 5.69 Å². The molecule has 1 aliphatic carbocycles. The van der Waals surface area contributed by atoms with E-state index in [1.165, 1.54) is 10.7 Å². The zero-order chi connectivity index (χ0) is 26.1. The molecule has 1 N–H and O–H groups in total. The summed E-state index contributed by atoms with van der Waals surface area (Å²) in [7, 11) is -3.51. The van der Waals surface area contributed by atoms with Crippen LogP contribution in [-0.4, -0.2) is 50.0 Å². The number of hydrogen-bond acceptors (Lipinski definition) is 4. The Bertz CT molecular complexity index is 1120. The van der Waals surface area contributed by atoms with Crippen LogP contribution in [0.2, 0.25) is 5.02 Å². The predicted octanol–water partition coefficient (Wildman–Crippen LogP) is 4.75. The molecule has 0 aromatic heterocycles. The highest BCUT2D eigenvalue weighted by molar-refractivity contribution is 7.92. The van der Waals surface area contributed by atoms with E-state index in [0.717, 1.165) is 37.5 Å². The van der Waals surface area contributed by atoms with Crippen molar-refractivity contribution in [3.8, 4) is 0 Å². The van der Waals surface area contributed by atoms with Gasteiger partial charge in [0.1, 0.15) is 6.04 Å². The number of sulfonamides is 1. The second-order valence-electron chi connectivity index (χ2n) is 9.41. The van der Waals surface area contributed by atoms with Gasteiger partial charge in [-0.15, -0.1) is 0 Å². The molecule has 3 rings (SSSR count). The lowest BCUT2D eigenvalue weighted by molar-refractivity contribution is -0.141. The van der Waals surface area contributed by atoms with Gasteiger partial charge in [0.15, 0.2) is 0 Å². The molecule has 2 amide bonds. The van der Waals surface area contributed by atoms with E-state index in [0.29, 0.717) is 17.1 Å². The number of para-hydroxylation sites is 1. The van der Waals surface area contributed by atoms with Gasteiger partial charge < -0.3 is 10.2 Å². The van der Waals surface area contributed by atoms with Crippen LogP contribution in [0.3, 0.4) is 0 Å². The average molecular weight is 534 g/mol. The summed E-state index contributed by atoms with van der Waals surface area (Å²) in [6, 6.07) is 15.5. The number of halogens is 1. The summed E-state index contributed by atoms with van der Waals surface area (Å²) in [5.74, 6) is -0.396. The third-order valence-electron chi connectivity index (χ3n) is 6.61. The van der Waals surface area contributed by atoms with Gasteiger partial charge in [-0.25, -0.2) is 8.42 Å². The van der Waals surface area contributed by atoms with Crippen LogP contribution in [0.1, 0.15) is 57.4 Å². The molecule has 1 aliphatic rings. The minimum atomic E-state index is -3.51. The van der Waals surface area contributed by atoms with Crippen LogP contribution in [-0.2, 0) is 26.2 Å². The molecule has 0 spiro atoms. The van der Waals surface area contributed by atoms with Gasteiger partial charge in [-0.05, 0) is 49.9 Å². The van der Waals surface area contributed by atoms with Gasteiger partial charge in [0.25, 0.3) is 0 Å². The quantitative estimate of drug-likeness (QED) is 0.451. The fraction of sp³-hybridized carbons (Fsp3) is 0.481. The van der Waals surface area contributed by atoms with E-state index in [1.54, 1.807) is 42.2 Å². The number of carbonyl (C=O) groups is 2. The van der Waals surface area contributed by atoms with Crippen molar-refractivity contribution in [1.82, 2.24) is 10.2 Å². The molecular weight excluding hydrogens is 498 g/mol. The topological polar surface area (TPSA) is 86.8 Å². The Labute approximate surface area is 219 Å². The van der Waals surface area contributed by atoms with Gasteiger partial charge in [-0.3, -0.25) is 13.9 Å². The Hall–Kier alpha value is -2.58. The Morgan fingerprint density at radius 3 is 2.31 bits per heavy atom. The second-order valence-corrected chi connectivity index (χ2v) is 11.7. The van der Waals surface area contributed by atoms with Crippen molar-refractivity contribution in [3.63, 3.8) is 0 Å². The number of anilines is 1. The molecule has 196 valence electrons. The zero-order valence-electron chi connectivity index (χ0n) is 21.0. The lowest BCUT2D eigenvalue weighted by Crippen LogP contribution is -2.50. The maximum atomic E-state index is 13.4. The number of carbonyl (C=O) groups excluding carboxylic acids is 2. The third kappa shape index (κ3) is 7.96. The number of hydrogen-bond donors (Lipinski definition) is 1. The number of benzene rings is 2. The number of rotatable bonds is 11. The summed E-state index contributed by atoms with van der Waals surface area (Å²) < 4.78 is 26.0. The van der Waals surface area contributed by atoms with Gasteiger partial charge >= 0.3 is 0 Å². The van der Waals surface area contributed by atoms with E-state index in [2.05, 4.69) is 5.32 Å². The molecule has 0 unspecified atom stereocenters. The highest BCUT2D eigenvalue weighted by atomic mass is 35.5. The number of nitrogens with one attached hydrogen (secondary N) is 1. The molecule has 1 saturated carbocycles. The van der Waals surface area contributed by atoms with Crippen LogP contribution in [0, 0.1) is 0 Å². The van der Waals surface area contributed by atoms with Crippen LogP contribution < -0.4 is 9.62 Å². The molecule has 7 nitrogen and oxygen atoms in total. The molecular formula is C27H36ClN3O4S. The first kappa shape index (κ1) is 28.0. The SMILES string of the molecule is C[C@H](C(=O)NC1CCCCC1)N(Cc1ccccc1Cl)C(=O)CCCN(c1ccccc1)S(C)(=O)=O. The van der Waals surface area contributed by atoms with Crippen LogP contribution >= 0.6 is 11.6 Å². The van der Waals surface area contributed by atoms with E-state index >= 15 is 0 Å². The molecule has 9 heteroatoms. The summed E-state index contributed by atoms with van der Waals surface area (Å²) in [5.41, 5.74) is 1.31. The Balaban J connectivity index is 1.71. The van der Waals surface area contributed by atoms with Crippen molar-refractivity contribution in [2.75, 3.05) is 17.1 Å². The molecule has 0 bridgehead atoms. The first-order valence-corrected chi connectivity index (χ1v) is 14.8. The normalized spacial score (nSPS) is 15.2. The summed E-state index contributed by atoms with van der Waals surface area (Å²) in [4.78, 5) is 28.1. The molecule has 2 aromatic rings. The standard InChI is InChI=1S/C27H36ClN3O4S/c1-21(27(33)29-23-13-5-3-6-14-23)30(20-22-12-9-10-17-25(22)28)26(32)18-11-19-31(36(2,34)35)24-15-7-4-8-16-24/h4,7-10,12,15-17,21,23H,3,5-6,11,13-14,18-20H2,1-2H3,(H,29,33)/t21-/m1/s1. The van der Waals surface area contributed by atoms with Gasteiger partial charge in [-0.2, -0.15) is 0 Å². The fourth-order valence-corrected chi connectivity index (χ4v) is 5.72. The van der Waals surface area contributed by atoms with Crippen molar-refractivity contribution >= 4 is 39.1 Å². The first-order valence-electron chi connectivity index (χ1n) is 12.5. The fourth-order valence-electron chi connectivity index (χ4n) is 4.56. The number of nitrogens with zero attached hydrogens (tertiary/aromatic N) is 2. The molecule has 36 heavy (non-hydrogen) atoms. The molecule has 0 aliphatic heterocycles. The zero-order valence-corrected chi connectivity index (χ0v) is 22.6. The van der Waals surface area contributed by atoms with Crippen molar-refractivity contribution in [1.29, 1.82) is 0 Å². The second kappa shape index (κ2) is 13.1. The lowest BCUT2D eigenvalue weighted by atomic mass is 9.95. The van der Waals surface area contributed by atoms with Crippen LogP contribution in [0.15, 0.2) is 54.6 Å². The molecule has 0 radical (unpaired) electrons. The summed E-state index contributed by atoms with van der Waals surface area (Å²) >= 11 is 6.36. The van der Waals surface area contributed by atoms with Crippen molar-refractivity contribution in [3.05, 3.63) is 65.2 Å². The van der Waals surface area contributed by atoms with E-state index in [4.69, 9.17) is 11.6 Å². The lowest BCUT2D eigenvalue weighted by Gasteiger charge is -2.31. The van der Waals surface area contributed by atoms with Gasteiger partial charge in [0, 0.05) is 30.6 Å². The Kier molecular flexibility index (Phi) is 10.2. The highest BCUT2D eigenvalue weighted by Crippen LogP contribution is 2.22. The summed E-state index contributed by atoms with van der Waals surface area (Å²) in [5, 5.41) is 3.65. The van der Waals surface area contributed by atoms with E-state index < -0.39 is 16.1 Å². The highest BCUT2D eigenvalue weighted by Gasteiger charge is 2.28. The predicted molar refractivity (Wildman–Crippen MR) is 144 cm³/mol. The van der Waals surface area contributed by atoms with Crippen molar-refractivity contribution in [2.24, 2.45) is 0 Å². The van der Waals surface area contributed by atoms with E-state index in [-0.39, 0.29) is 37.4 Å². The summed E-state index contributed by atoms with van der Waals surface area (Å²) in [6.07, 6.45) is 6.87. The largest absolute Gasteiger partial charge is 0.352 e. The molecule has 2 aromatic carbocycles. The maximum Gasteiger partial charge on any atom is 0.242 e. The van der Waals surface area contributed by atoms with Crippen LogP contribution in [0.5, 0.6) is 0 Å². The molecule has 1 fully saturated rings. The molecule has 1 atom stereocenters. The van der Waals surface area contributed by atoms with Gasteiger partial charge in [0.05, 0.1) is 11.9 Å². The first-order chi connectivity index (χ1) is 17.2. The average Bonchev–Trinajstić information content (AvgIpc) is 2.86. The van der Waals surface area contributed by atoms with E-state index in [1.807, 2.05) is 24.3 Å². The minimum Gasteiger partial charge on any atom is -0.352 e. The smallest absolute Gasteiger partial charge is 0.242 e. The summed E-state index contributed by atoms with van der Waals surface area (Å²) in [6.45, 7) is 2.10. The van der Waals surface area contributed by atoms with Gasteiger partial charge in [0.2, 0.25) is 21.8 Å². The van der Waals surface area contributed by atoms with Crippen molar-refractivity contribution in [2.45, 2.75) is 70.5 Å². The van der Waals surface area contributed by atoms with Gasteiger partial charge in [-0.1, -0.05) is 67.3 Å². The third-order valence-corrected chi connectivity index (χ3v) is 8.18. The number of amides is 2. The van der Waals surface area contributed by atoms with Crippen LogP contribution in [0.25, 0.3) is 0 Å². The Morgan fingerprint density at radius 1 is 1.03 bits per heavy atom. The van der Waals surface area contributed by atoms with E-state index in [9.17, 15) is 18.0 Å². The minimum absolute atomic E-state index is 0.102. The van der Waals surface area contributed by atoms with Crippen molar-refractivity contribution < 1.29 is 18.0 Å². The molecule has 0 heterocycles. The monoisotopic (exact) mass is 533 g/mol. The molecule has 0 saturated heterocycles.